The molecule has 3 aromatic heterocycles. The number of ketones is 1. The molecular formula is C33H26F2N4OPt. The number of fused-ring (bicyclic) bond motifs is 2. The van der Waals surface area contributed by atoms with Gasteiger partial charge in [-0.2, -0.15) is 6.07 Å². The van der Waals surface area contributed by atoms with Crippen molar-refractivity contribution in [3.63, 3.8) is 0 Å². The minimum absolute atomic E-state index is 0. The maximum Gasteiger partial charge on any atom is 2.00 e. The normalized spacial score (nSPS) is 11.7. The summed E-state index contributed by atoms with van der Waals surface area (Å²) in [5, 5.41) is 1.01. The Balaban J connectivity index is 0.00000337. The van der Waals surface area contributed by atoms with E-state index < -0.39 is 28.4 Å². The van der Waals surface area contributed by atoms with E-state index in [0.717, 1.165) is 46.4 Å². The predicted molar refractivity (Wildman–Crippen MR) is 152 cm³/mol. The van der Waals surface area contributed by atoms with E-state index in [2.05, 4.69) is 22.8 Å². The fraction of sp³-hybridized carbons (Fsp3) is 0.182. The van der Waals surface area contributed by atoms with Crippen LogP contribution in [0.5, 0.6) is 0 Å². The van der Waals surface area contributed by atoms with Crippen LogP contribution in [-0.4, -0.2) is 24.9 Å². The molecule has 0 fully saturated rings. The number of aryl methyl sites for hydroxylation is 2. The van der Waals surface area contributed by atoms with E-state index in [1.165, 1.54) is 0 Å². The summed E-state index contributed by atoms with van der Waals surface area (Å²) in [6.45, 7) is 4.80. The molecule has 6 rings (SSSR count). The first-order valence-corrected chi connectivity index (χ1v) is 12.9. The zero-order chi connectivity index (χ0) is 28.3. The molecule has 0 saturated carbocycles. The van der Waals surface area contributed by atoms with Crippen LogP contribution in [-0.2, 0) is 40.6 Å². The minimum Gasteiger partial charge on any atom is -0.397 e. The zero-order valence-electron chi connectivity index (χ0n) is 23.1. The second kappa shape index (κ2) is 10.5. The summed E-state index contributed by atoms with van der Waals surface area (Å²) in [5.74, 6) is -1.84. The summed E-state index contributed by atoms with van der Waals surface area (Å²) in [6.07, 6.45) is 0. The Labute approximate surface area is 251 Å². The Hall–Kier alpha value is -3.96. The number of hydrogen-bond donors (Lipinski definition) is 0. The van der Waals surface area contributed by atoms with Gasteiger partial charge in [-0.25, -0.2) is 4.98 Å². The molecule has 8 heteroatoms. The van der Waals surface area contributed by atoms with Crippen LogP contribution in [0.15, 0.2) is 66.7 Å². The van der Waals surface area contributed by atoms with Gasteiger partial charge in [0.2, 0.25) is 0 Å². The van der Waals surface area contributed by atoms with Crippen LogP contribution < -0.4 is 0 Å². The third kappa shape index (κ3) is 4.53. The van der Waals surface area contributed by atoms with Gasteiger partial charge in [0.25, 0.3) is 0 Å². The molecule has 0 amide bonds. The number of rotatable bonds is 5. The molecule has 0 bridgehead atoms. The number of benzene rings is 3. The Morgan fingerprint density at radius 1 is 0.878 bits per heavy atom. The minimum atomic E-state index is -0.972. The van der Waals surface area contributed by atoms with Crippen LogP contribution in [0, 0.1) is 23.8 Å². The van der Waals surface area contributed by atoms with Crippen molar-refractivity contribution in [1.82, 2.24) is 19.1 Å². The van der Waals surface area contributed by atoms with Crippen molar-refractivity contribution in [3.05, 3.63) is 107 Å². The molecule has 0 aliphatic rings. The van der Waals surface area contributed by atoms with E-state index in [-0.39, 0.29) is 26.6 Å². The summed E-state index contributed by atoms with van der Waals surface area (Å²) in [5.41, 5.74) is 4.17. The Kier molecular flexibility index (Phi) is 7.29. The Bertz CT molecular complexity index is 1970. The molecule has 3 heterocycles. The average molecular weight is 728 g/mol. The van der Waals surface area contributed by atoms with E-state index in [0.29, 0.717) is 17.0 Å². The first-order chi connectivity index (χ1) is 19.1. The number of Topliss-reactive ketones (excluding diaryl/α,β-unsaturated/α-hetero) is 1. The molecule has 0 aliphatic heterocycles. The third-order valence-corrected chi connectivity index (χ3v) is 7.66. The topological polar surface area (TPSA) is 52.7 Å². The predicted octanol–water partition coefficient (Wildman–Crippen LogP) is 7.20. The molecule has 0 radical (unpaired) electrons. The summed E-state index contributed by atoms with van der Waals surface area (Å²) < 4.78 is 33.8. The summed E-state index contributed by atoms with van der Waals surface area (Å²) in [6, 6.07) is 26.8. The van der Waals surface area contributed by atoms with E-state index in [9.17, 15) is 9.18 Å². The molecule has 0 saturated heterocycles. The summed E-state index contributed by atoms with van der Waals surface area (Å²) in [7, 11) is 3.91. The quantitative estimate of drug-likeness (QED) is 0.140. The van der Waals surface area contributed by atoms with Crippen molar-refractivity contribution in [2.45, 2.75) is 26.2 Å². The number of carbonyl (C=O) groups excluding carboxylic acids is 1. The van der Waals surface area contributed by atoms with E-state index in [1.54, 1.807) is 0 Å². The van der Waals surface area contributed by atoms with Gasteiger partial charge in [-0.1, -0.05) is 50.2 Å². The standard InChI is InChI=1S/C33H26F2N4O.Pt/c1-19(40)29-23(34)17-16-21(30(29)35)33(2,3)22-11-8-15-27-31(22)37-32(39(27)5)25-13-9-12-24(36-25)28-18-20-10-6-7-14-26(20)38(28)4;/h6-15,17H,1-5H3;/q-2;+2. The number of carbonyl (C=O) groups is 1. The number of pyridine rings is 1. The van der Waals surface area contributed by atoms with Crippen molar-refractivity contribution < 1.29 is 34.6 Å². The van der Waals surface area contributed by atoms with Gasteiger partial charge < -0.3 is 9.13 Å². The van der Waals surface area contributed by atoms with Crippen molar-refractivity contribution in [3.8, 4) is 22.9 Å². The SMILES string of the molecule is CC(=O)c1c(F)c[c-]c(C(C)(C)c2cccc3c2nc(-c2cccc(-c4[c-]c5ccccc5n4C)n2)n3C)c1F.[Pt+2]. The largest absolute Gasteiger partial charge is 2.00 e. The van der Waals surface area contributed by atoms with Gasteiger partial charge in [-0.15, -0.1) is 35.2 Å². The van der Waals surface area contributed by atoms with E-state index in [1.807, 2.05) is 87.1 Å². The first kappa shape index (κ1) is 28.6. The number of hydrogen-bond acceptors (Lipinski definition) is 3. The van der Waals surface area contributed by atoms with Gasteiger partial charge in [0.1, 0.15) is 5.78 Å². The Morgan fingerprint density at radius 3 is 2.29 bits per heavy atom. The molecule has 41 heavy (non-hydrogen) atoms. The van der Waals surface area contributed by atoms with Crippen LogP contribution in [0.25, 0.3) is 44.8 Å². The second-order valence-corrected chi connectivity index (χ2v) is 10.5. The average Bonchev–Trinajstić information content (AvgIpc) is 3.45. The van der Waals surface area contributed by atoms with Crippen LogP contribution in [0.4, 0.5) is 8.78 Å². The van der Waals surface area contributed by atoms with Crippen LogP contribution in [0.3, 0.4) is 0 Å². The van der Waals surface area contributed by atoms with E-state index >= 15 is 4.39 Å². The van der Waals surface area contributed by atoms with Gasteiger partial charge in [0.15, 0.2) is 5.82 Å². The Morgan fingerprint density at radius 2 is 1.56 bits per heavy atom. The van der Waals surface area contributed by atoms with Crippen molar-refractivity contribution in [1.29, 1.82) is 0 Å². The molecule has 3 aromatic carbocycles. The second-order valence-electron chi connectivity index (χ2n) is 10.5. The molecule has 6 aromatic rings. The van der Waals surface area contributed by atoms with Gasteiger partial charge in [-0.3, -0.25) is 18.6 Å². The number of aromatic nitrogens is 4. The van der Waals surface area contributed by atoms with Gasteiger partial charge in [-0.05, 0) is 46.8 Å². The first-order valence-electron chi connectivity index (χ1n) is 12.9. The smallest absolute Gasteiger partial charge is 0.397 e. The molecule has 208 valence electrons. The molecule has 0 unspecified atom stereocenters. The maximum atomic E-state index is 15.5. The number of imidazole rings is 1. The van der Waals surface area contributed by atoms with Crippen LogP contribution in [0.2, 0.25) is 0 Å². The zero-order valence-corrected chi connectivity index (χ0v) is 25.4. The maximum absolute atomic E-state index is 15.5. The third-order valence-electron chi connectivity index (χ3n) is 7.66. The summed E-state index contributed by atoms with van der Waals surface area (Å²) >= 11 is 0. The van der Waals surface area contributed by atoms with E-state index in [4.69, 9.17) is 9.97 Å². The molecular weight excluding hydrogens is 701 g/mol. The van der Waals surface area contributed by atoms with Gasteiger partial charge in [0.05, 0.1) is 16.7 Å². The molecule has 5 nitrogen and oxygen atoms in total. The van der Waals surface area contributed by atoms with Gasteiger partial charge >= 0.3 is 21.1 Å². The fourth-order valence-electron chi connectivity index (χ4n) is 5.49. The number of halogens is 2. The van der Waals surface area contributed by atoms with Crippen molar-refractivity contribution in [2.75, 3.05) is 0 Å². The van der Waals surface area contributed by atoms with Crippen LogP contribution >= 0.6 is 0 Å². The van der Waals surface area contributed by atoms with Crippen molar-refractivity contribution >= 4 is 27.7 Å². The monoisotopic (exact) mass is 727 g/mol. The van der Waals surface area contributed by atoms with Crippen LogP contribution in [0.1, 0.15) is 42.3 Å². The molecule has 0 spiro atoms. The molecule has 0 N–H and O–H groups in total. The molecule has 0 atom stereocenters. The van der Waals surface area contributed by atoms with Gasteiger partial charge in [0, 0.05) is 31.4 Å². The number of para-hydroxylation sites is 2. The van der Waals surface area contributed by atoms with Crippen molar-refractivity contribution in [2.24, 2.45) is 14.1 Å². The summed E-state index contributed by atoms with van der Waals surface area (Å²) in [4.78, 5) is 21.9. The number of nitrogens with zero attached hydrogens (tertiary/aromatic N) is 4. The fourth-order valence-corrected chi connectivity index (χ4v) is 5.49. The molecule has 0 aliphatic carbocycles.